The van der Waals surface area contributed by atoms with Crippen LogP contribution in [0.25, 0.3) is 0 Å². The molecule has 0 fully saturated rings. The molecule has 1 heterocycles. The number of nitrogens with two attached hydrogens (primary N) is 1. The normalized spacial score (nSPS) is 10.9. The first-order valence-corrected chi connectivity index (χ1v) is 5.56. The highest BCUT2D eigenvalue weighted by Gasteiger charge is 2.05. The summed E-state index contributed by atoms with van der Waals surface area (Å²) in [6.07, 6.45) is 0. The lowest BCUT2D eigenvalue weighted by Crippen LogP contribution is -2.29. The smallest absolute Gasteiger partial charge is 0.128 e. The van der Waals surface area contributed by atoms with Crippen LogP contribution in [-0.4, -0.2) is 44.1 Å². The van der Waals surface area contributed by atoms with Crippen molar-refractivity contribution in [3.63, 3.8) is 0 Å². The van der Waals surface area contributed by atoms with Crippen LogP contribution in [0.2, 0.25) is 0 Å². The Morgan fingerprint density at radius 3 is 2.44 bits per heavy atom. The number of aryl methyl sites for hydroxylation is 1. The third-order valence-electron chi connectivity index (χ3n) is 2.51. The quantitative estimate of drug-likeness (QED) is 0.802. The molecule has 0 unspecified atom stereocenters. The van der Waals surface area contributed by atoms with Gasteiger partial charge in [0.2, 0.25) is 0 Å². The second-order valence-corrected chi connectivity index (χ2v) is 4.40. The number of hydrogen-bond acceptors (Lipinski definition) is 4. The Morgan fingerprint density at radius 1 is 1.19 bits per heavy atom. The van der Waals surface area contributed by atoms with E-state index in [1.165, 1.54) is 0 Å². The lowest BCUT2D eigenvalue weighted by Gasteiger charge is -2.21. The summed E-state index contributed by atoms with van der Waals surface area (Å²) in [5.41, 5.74) is 7.82. The van der Waals surface area contributed by atoms with E-state index < -0.39 is 0 Å². The molecule has 4 nitrogen and oxygen atoms in total. The molecule has 16 heavy (non-hydrogen) atoms. The molecule has 0 bridgehead atoms. The Labute approximate surface area is 98.1 Å². The van der Waals surface area contributed by atoms with Gasteiger partial charge in [-0.25, -0.2) is 4.98 Å². The van der Waals surface area contributed by atoms with Crippen molar-refractivity contribution in [2.45, 2.75) is 13.5 Å². The van der Waals surface area contributed by atoms with Crippen LogP contribution in [0.5, 0.6) is 0 Å². The molecule has 0 atom stereocenters. The number of rotatable bonds is 5. The fourth-order valence-corrected chi connectivity index (χ4v) is 1.50. The van der Waals surface area contributed by atoms with Gasteiger partial charge >= 0.3 is 0 Å². The summed E-state index contributed by atoms with van der Waals surface area (Å²) < 4.78 is 0. The number of nitrogens with zero attached hydrogens (tertiary/aromatic N) is 3. The molecule has 0 radical (unpaired) electrons. The van der Waals surface area contributed by atoms with Gasteiger partial charge in [-0.1, -0.05) is 0 Å². The average Bonchev–Trinajstić information content (AvgIpc) is 2.24. The summed E-state index contributed by atoms with van der Waals surface area (Å²) >= 11 is 0. The SMILES string of the molecule is Cc1cc(CN)cc(N(C)CCN(C)C)n1. The lowest BCUT2D eigenvalue weighted by molar-refractivity contribution is 0.416. The van der Waals surface area contributed by atoms with Gasteiger partial charge in [0, 0.05) is 32.4 Å². The molecule has 1 rings (SSSR count). The van der Waals surface area contributed by atoms with E-state index >= 15 is 0 Å². The first kappa shape index (κ1) is 12.9. The highest BCUT2D eigenvalue weighted by Crippen LogP contribution is 2.13. The molecule has 0 spiro atoms. The summed E-state index contributed by atoms with van der Waals surface area (Å²) in [5.74, 6) is 1.00. The Morgan fingerprint density at radius 2 is 1.88 bits per heavy atom. The van der Waals surface area contributed by atoms with E-state index in [9.17, 15) is 0 Å². The van der Waals surface area contributed by atoms with Crippen molar-refractivity contribution in [1.29, 1.82) is 0 Å². The van der Waals surface area contributed by atoms with Gasteiger partial charge in [0.25, 0.3) is 0 Å². The first-order valence-electron chi connectivity index (χ1n) is 5.56. The molecule has 0 aromatic carbocycles. The van der Waals surface area contributed by atoms with Crippen LogP contribution in [0, 0.1) is 6.92 Å². The third-order valence-corrected chi connectivity index (χ3v) is 2.51. The van der Waals surface area contributed by atoms with Crippen LogP contribution >= 0.6 is 0 Å². The Kier molecular flexibility index (Phi) is 4.71. The minimum Gasteiger partial charge on any atom is -0.358 e. The standard InChI is InChI=1S/C12H22N4/c1-10-7-11(9-13)8-12(14-10)16(4)6-5-15(2)3/h7-8H,5-6,9,13H2,1-4H3. The van der Waals surface area contributed by atoms with Crippen LogP contribution in [0.3, 0.4) is 0 Å². The Bertz CT molecular complexity index is 336. The van der Waals surface area contributed by atoms with Gasteiger partial charge in [0.05, 0.1) is 0 Å². The van der Waals surface area contributed by atoms with Crippen molar-refractivity contribution < 1.29 is 0 Å². The monoisotopic (exact) mass is 222 g/mol. The maximum absolute atomic E-state index is 5.66. The van der Waals surface area contributed by atoms with Gasteiger partial charge in [-0.3, -0.25) is 0 Å². The molecule has 90 valence electrons. The molecule has 0 saturated carbocycles. The summed E-state index contributed by atoms with van der Waals surface area (Å²) in [7, 11) is 6.21. The van der Waals surface area contributed by atoms with Crippen molar-refractivity contribution in [3.05, 3.63) is 23.4 Å². The van der Waals surface area contributed by atoms with Crippen molar-refractivity contribution in [2.75, 3.05) is 39.1 Å². The zero-order valence-electron chi connectivity index (χ0n) is 10.7. The van der Waals surface area contributed by atoms with Crippen LogP contribution in [-0.2, 0) is 6.54 Å². The Balaban J connectivity index is 2.74. The molecular weight excluding hydrogens is 200 g/mol. The predicted molar refractivity (Wildman–Crippen MR) is 68.7 cm³/mol. The summed E-state index contributed by atoms with van der Waals surface area (Å²) in [5, 5.41) is 0. The van der Waals surface area contributed by atoms with Crippen molar-refractivity contribution in [3.8, 4) is 0 Å². The van der Waals surface area contributed by atoms with E-state index in [0.717, 1.165) is 30.2 Å². The number of likely N-dealkylation sites (N-methyl/N-ethyl adjacent to an activating group) is 2. The van der Waals surface area contributed by atoms with Crippen molar-refractivity contribution >= 4 is 5.82 Å². The van der Waals surface area contributed by atoms with Crippen LogP contribution in [0.4, 0.5) is 5.82 Å². The molecule has 0 aliphatic carbocycles. The molecule has 1 aromatic heterocycles. The second kappa shape index (κ2) is 5.82. The summed E-state index contributed by atoms with van der Waals surface area (Å²) in [6.45, 7) is 4.55. The van der Waals surface area contributed by atoms with Crippen molar-refractivity contribution in [2.24, 2.45) is 5.73 Å². The number of pyridine rings is 1. The van der Waals surface area contributed by atoms with Gasteiger partial charge in [0.15, 0.2) is 0 Å². The maximum atomic E-state index is 5.66. The van der Waals surface area contributed by atoms with Crippen LogP contribution < -0.4 is 10.6 Å². The fourth-order valence-electron chi connectivity index (χ4n) is 1.50. The fraction of sp³-hybridized carbons (Fsp3) is 0.583. The topological polar surface area (TPSA) is 45.4 Å². The largest absolute Gasteiger partial charge is 0.358 e. The highest BCUT2D eigenvalue weighted by molar-refractivity contribution is 5.41. The number of anilines is 1. The number of aromatic nitrogens is 1. The van der Waals surface area contributed by atoms with E-state index in [2.05, 4.69) is 42.0 Å². The minimum absolute atomic E-state index is 0.567. The molecule has 0 amide bonds. The summed E-state index contributed by atoms with van der Waals surface area (Å²) in [6, 6.07) is 4.09. The molecule has 4 heteroatoms. The number of hydrogen-bond donors (Lipinski definition) is 1. The molecule has 1 aromatic rings. The summed E-state index contributed by atoms with van der Waals surface area (Å²) in [4.78, 5) is 8.83. The van der Waals surface area contributed by atoms with Gasteiger partial charge < -0.3 is 15.5 Å². The van der Waals surface area contributed by atoms with Gasteiger partial charge in [-0.2, -0.15) is 0 Å². The molecule has 0 saturated heterocycles. The van der Waals surface area contributed by atoms with Gasteiger partial charge in [-0.15, -0.1) is 0 Å². The van der Waals surface area contributed by atoms with Crippen LogP contribution in [0.1, 0.15) is 11.3 Å². The van der Waals surface area contributed by atoms with E-state index in [1.54, 1.807) is 0 Å². The minimum atomic E-state index is 0.567. The predicted octanol–water partition coefficient (Wildman–Crippen LogP) is 0.847. The van der Waals surface area contributed by atoms with Gasteiger partial charge in [-0.05, 0) is 38.7 Å². The van der Waals surface area contributed by atoms with Crippen LogP contribution in [0.15, 0.2) is 12.1 Å². The average molecular weight is 222 g/mol. The molecule has 0 aliphatic rings. The maximum Gasteiger partial charge on any atom is 0.128 e. The van der Waals surface area contributed by atoms with E-state index in [-0.39, 0.29) is 0 Å². The van der Waals surface area contributed by atoms with Crippen molar-refractivity contribution in [1.82, 2.24) is 9.88 Å². The third kappa shape index (κ3) is 3.79. The molecule has 2 N–H and O–H groups in total. The van der Waals surface area contributed by atoms with Gasteiger partial charge in [0.1, 0.15) is 5.82 Å². The van der Waals surface area contributed by atoms with E-state index in [1.807, 2.05) is 13.0 Å². The van der Waals surface area contributed by atoms with E-state index in [4.69, 9.17) is 5.73 Å². The second-order valence-electron chi connectivity index (χ2n) is 4.40. The zero-order valence-corrected chi connectivity index (χ0v) is 10.7. The Hall–Kier alpha value is -1.13. The molecule has 0 aliphatic heterocycles. The first-order chi connectivity index (χ1) is 7.52. The zero-order chi connectivity index (χ0) is 12.1. The lowest BCUT2D eigenvalue weighted by atomic mass is 10.2. The molecular formula is C12H22N4. The van der Waals surface area contributed by atoms with E-state index in [0.29, 0.717) is 6.54 Å². The highest BCUT2D eigenvalue weighted by atomic mass is 15.2.